The Balaban J connectivity index is 2.32. The van der Waals surface area contributed by atoms with Gasteiger partial charge in [0.2, 0.25) is 0 Å². The van der Waals surface area contributed by atoms with Crippen molar-refractivity contribution >= 4 is 11.3 Å². The summed E-state index contributed by atoms with van der Waals surface area (Å²) in [6.45, 7) is 1.97. The number of aryl methyl sites for hydroxylation is 2. The monoisotopic (exact) mass is 208 g/mol. The molecule has 74 valence electrons. The van der Waals surface area contributed by atoms with Crippen molar-refractivity contribution in [2.45, 2.75) is 13.0 Å². The van der Waals surface area contributed by atoms with Crippen molar-refractivity contribution in [3.63, 3.8) is 0 Å². The maximum atomic E-state index is 9.95. The number of aromatic nitrogens is 2. The molecule has 0 fully saturated rings. The lowest BCUT2D eigenvalue weighted by Crippen LogP contribution is -2.00. The highest BCUT2D eigenvalue weighted by molar-refractivity contribution is 7.07. The third-order valence-corrected chi connectivity index (χ3v) is 2.97. The van der Waals surface area contributed by atoms with Crippen molar-refractivity contribution in [2.75, 3.05) is 0 Å². The summed E-state index contributed by atoms with van der Waals surface area (Å²) in [5, 5.41) is 18.1. The Labute approximate surface area is 86.6 Å². The predicted octanol–water partition coefficient (Wildman–Crippen LogP) is 1.87. The molecule has 2 heterocycles. The first-order valence-electron chi connectivity index (χ1n) is 4.39. The Kier molecular flexibility index (Phi) is 2.39. The lowest BCUT2D eigenvalue weighted by Gasteiger charge is -2.03. The fourth-order valence-corrected chi connectivity index (χ4v) is 2.00. The minimum absolute atomic E-state index is 0.596. The third-order valence-electron chi connectivity index (χ3n) is 2.27. The molecule has 2 aromatic heterocycles. The fraction of sp³-hybridized carbons (Fsp3) is 0.300. The zero-order valence-corrected chi connectivity index (χ0v) is 8.95. The summed E-state index contributed by atoms with van der Waals surface area (Å²) < 4.78 is 1.77. The average Bonchev–Trinajstić information content (AvgIpc) is 2.76. The molecule has 3 nitrogen and oxygen atoms in total. The molecule has 0 aliphatic heterocycles. The molecule has 14 heavy (non-hydrogen) atoms. The highest BCUT2D eigenvalue weighted by Crippen LogP contribution is 2.22. The normalized spacial score (nSPS) is 13.1. The molecular formula is C10H12N2OS. The van der Waals surface area contributed by atoms with Crippen LogP contribution < -0.4 is 0 Å². The minimum Gasteiger partial charge on any atom is -0.382 e. The smallest absolute Gasteiger partial charge is 0.124 e. The van der Waals surface area contributed by atoms with E-state index in [0.29, 0.717) is 5.69 Å². The van der Waals surface area contributed by atoms with Crippen LogP contribution >= 0.6 is 11.3 Å². The van der Waals surface area contributed by atoms with E-state index in [2.05, 4.69) is 5.10 Å². The summed E-state index contributed by atoms with van der Waals surface area (Å²) >= 11 is 1.58. The standard InChI is InChI=1S/C10H12N2OS/c1-7-5-9(11-12(7)2)10(13)8-3-4-14-6-8/h3-6,10,13H,1-2H3. The summed E-state index contributed by atoms with van der Waals surface area (Å²) in [5.41, 5.74) is 2.67. The molecule has 4 heteroatoms. The Hall–Kier alpha value is -1.13. The Morgan fingerprint density at radius 2 is 2.36 bits per heavy atom. The van der Waals surface area contributed by atoms with Crippen molar-refractivity contribution in [3.05, 3.63) is 39.8 Å². The summed E-state index contributed by atoms with van der Waals surface area (Å²) in [5.74, 6) is 0. The lowest BCUT2D eigenvalue weighted by atomic mass is 10.1. The summed E-state index contributed by atoms with van der Waals surface area (Å²) in [4.78, 5) is 0. The van der Waals surface area contributed by atoms with Gasteiger partial charge in [-0.2, -0.15) is 16.4 Å². The Morgan fingerprint density at radius 3 is 2.86 bits per heavy atom. The molecule has 0 aromatic carbocycles. The molecule has 0 radical (unpaired) electrons. The molecule has 2 aromatic rings. The van der Waals surface area contributed by atoms with Gasteiger partial charge in [-0.05, 0) is 35.4 Å². The first-order chi connectivity index (χ1) is 6.68. The number of nitrogens with zero attached hydrogens (tertiary/aromatic N) is 2. The van der Waals surface area contributed by atoms with Crippen LogP contribution in [0.25, 0.3) is 0 Å². The zero-order chi connectivity index (χ0) is 10.1. The highest BCUT2D eigenvalue weighted by Gasteiger charge is 2.14. The third kappa shape index (κ3) is 1.58. The van der Waals surface area contributed by atoms with Crippen LogP contribution in [0.2, 0.25) is 0 Å². The molecule has 0 aliphatic rings. The molecule has 0 aliphatic carbocycles. The van der Waals surface area contributed by atoms with Crippen LogP contribution in [0.3, 0.4) is 0 Å². The summed E-state index contributed by atoms with van der Waals surface area (Å²) in [6.07, 6.45) is -0.596. The first kappa shape index (κ1) is 9.43. The summed E-state index contributed by atoms with van der Waals surface area (Å²) in [6, 6.07) is 3.82. The van der Waals surface area contributed by atoms with Crippen molar-refractivity contribution in [1.82, 2.24) is 9.78 Å². The number of hydrogen-bond acceptors (Lipinski definition) is 3. The topological polar surface area (TPSA) is 38.1 Å². The van der Waals surface area contributed by atoms with E-state index >= 15 is 0 Å². The van der Waals surface area contributed by atoms with Gasteiger partial charge in [0.05, 0.1) is 5.69 Å². The van der Waals surface area contributed by atoms with Gasteiger partial charge in [0.15, 0.2) is 0 Å². The van der Waals surface area contributed by atoms with E-state index in [1.807, 2.05) is 36.9 Å². The predicted molar refractivity (Wildman–Crippen MR) is 56.3 cm³/mol. The molecule has 1 atom stereocenters. The van der Waals surface area contributed by atoms with E-state index in [1.54, 1.807) is 16.0 Å². The largest absolute Gasteiger partial charge is 0.382 e. The van der Waals surface area contributed by atoms with Gasteiger partial charge in [0.1, 0.15) is 6.10 Å². The van der Waals surface area contributed by atoms with Crippen LogP contribution in [0.4, 0.5) is 0 Å². The quantitative estimate of drug-likeness (QED) is 0.818. The fourth-order valence-electron chi connectivity index (χ4n) is 1.32. The molecule has 0 amide bonds. The second kappa shape index (κ2) is 3.55. The van der Waals surface area contributed by atoms with E-state index in [-0.39, 0.29) is 0 Å². The highest BCUT2D eigenvalue weighted by atomic mass is 32.1. The molecular weight excluding hydrogens is 196 g/mol. The molecule has 1 unspecified atom stereocenters. The molecule has 0 saturated carbocycles. The number of aliphatic hydroxyl groups excluding tert-OH is 1. The number of aliphatic hydroxyl groups is 1. The second-order valence-corrected chi connectivity index (χ2v) is 4.07. The lowest BCUT2D eigenvalue weighted by molar-refractivity contribution is 0.215. The van der Waals surface area contributed by atoms with Crippen LogP contribution in [0, 0.1) is 6.92 Å². The van der Waals surface area contributed by atoms with Gasteiger partial charge in [-0.3, -0.25) is 4.68 Å². The average molecular weight is 208 g/mol. The van der Waals surface area contributed by atoms with Gasteiger partial charge < -0.3 is 5.11 Å². The van der Waals surface area contributed by atoms with Crippen LogP contribution in [0.15, 0.2) is 22.9 Å². The number of thiophene rings is 1. The van der Waals surface area contributed by atoms with Crippen molar-refractivity contribution < 1.29 is 5.11 Å². The van der Waals surface area contributed by atoms with Crippen LogP contribution in [-0.4, -0.2) is 14.9 Å². The van der Waals surface area contributed by atoms with Crippen LogP contribution in [-0.2, 0) is 7.05 Å². The Bertz CT molecular complexity index is 400. The molecule has 0 bridgehead atoms. The maximum absolute atomic E-state index is 9.95. The van der Waals surface area contributed by atoms with Crippen molar-refractivity contribution in [3.8, 4) is 0 Å². The summed E-state index contributed by atoms with van der Waals surface area (Å²) in [7, 11) is 1.87. The maximum Gasteiger partial charge on any atom is 0.124 e. The van der Waals surface area contributed by atoms with Crippen LogP contribution in [0.5, 0.6) is 0 Å². The van der Waals surface area contributed by atoms with Gasteiger partial charge in [-0.15, -0.1) is 0 Å². The SMILES string of the molecule is Cc1cc(C(O)c2ccsc2)nn1C. The van der Waals surface area contributed by atoms with Gasteiger partial charge in [0.25, 0.3) is 0 Å². The van der Waals surface area contributed by atoms with E-state index in [4.69, 9.17) is 0 Å². The van der Waals surface area contributed by atoms with E-state index in [9.17, 15) is 5.11 Å². The molecule has 0 saturated heterocycles. The minimum atomic E-state index is -0.596. The molecule has 1 N–H and O–H groups in total. The Morgan fingerprint density at radius 1 is 1.57 bits per heavy atom. The van der Waals surface area contributed by atoms with Crippen LogP contribution in [0.1, 0.15) is 23.1 Å². The second-order valence-electron chi connectivity index (χ2n) is 3.29. The number of rotatable bonds is 2. The van der Waals surface area contributed by atoms with Gasteiger partial charge >= 0.3 is 0 Å². The first-order valence-corrected chi connectivity index (χ1v) is 5.33. The molecule has 0 spiro atoms. The van der Waals surface area contributed by atoms with E-state index in [0.717, 1.165) is 11.3 Å². The number of hydrogen-bond donors (Lipinski definition) is 1. The van der Waals surface area contributed by atoms with Gasteiger partial charge in [-0.1, -0.05) is 0 Å². The molecule has 2 rings (SSSR count). The van der Waals surface area contributed by atoms with Crippen molar-refractivity contribution in [1.29, 1.82) is 0 Å². The zero-order valence-electron chi connectivity index (χ0n) is 8.14. The van der Waals surface area contributed by atoms with Gasteiger partial charge in [-0.25, -0.2) is 0 Å². The van der Waals surface area contributed by atoms with E-state index < -0.39 is 6.10 Å². The van der Waals surface area contributed by atoms with Gasteiger partial charge in [0, 0.05) is 12.7 Å². The van der Waals surface area contributed by atoms with E-state index in [1.165, 1.54) is 0 Å². The van der Waals surface area contributed by atoms with Crippen molar-refractivity contribution in [2.24, 2.45) is 7.05 Å².